The molecule has 0 aliphatic carbocycles. The fourth-order valence-electron chi connectivity index (χ4n) is 1.89. The van der Waals surface area contributed by atoms with Crippen molar-refractivity contribution >= 4 is 17.3 Å². The number of nitrogens with one attached hydrogen (secondary N) is 2. The number of hydrogen-bond donors (Lipinski definition) is 2. The zero-order valence-electron chi connectivity index (χ0n) is 12.1. The minimum absolute atomic E-state index is 0.112. The zero-order valence-corrected chi connectivity index (χ0v) is 12.1. The highest BCUT2D eigenvalue weighted by molar-refractivity contribution is 5.91. The van der Waals surface area contributed by atoms with Crippen LogP contribution in [-0.4, -0.2) is 22.2 Å². The van der Waals surface area contributed by atoms with Gasteiger partial charge >= 0.3 is 0 Å². The summed E-state index contributed by atoms with van der Waals surface area (Å²) in [6.07, 6.45) is 1.53. The van der Waals surface area contributed by atoms with Crippen molar-refractivity contribution in [2.24, 2.45) is 0 Å². The Bertz CT molecular complexity index is 694. The third kappa shape index (κ3) is 3.92. The summed E-state index contributed by atoms with van der Waals surface area (Å²) in [6, 6.07) is 8.90. The Morgan fingerprint density at radius 1 is 1.33 bits per heavy atom. The predicted molar refractivity (Wildman–Crippen MR) is 82.5 cm³/mol. The quantitative estimate of drug-likeness (QED) is 0.875. The molecule has 0 aliphatic rings. The largest absolute Gasteiger partial charge is 0.384 e. The van der Waals surface area contributed by atoms with Gasteiger partial charge in [0.05, 0.1) is 11.9 Å². The fraction of sp³-hybridized carbons (Fsp3) is 0.267. The maximum absolute atomic E-state index is 12.0. The van der Waals surface area contributed by atoms with Gasteiger partial charge in [0.25, 0.3) is 5.56 Å². The Kier molecular flexibility index (Phi) is 4.71. The highest BCUT2D eigenvalue weighted by Gasteiger charge is 2.07. The molecule has 0 saturated heterocycles. The number of benzene rings is 1. The number of amides is 1. The molecule has 0 fully saturated rings. The second-order valence-electron chi connectivity index (χ2n) is 4.63. The Hall–Kier alpha value is -2.63. The molecule has 6 heteroatoms. The van der Waals surface area contributed by atoms with Gasteiger partial charge in [0.15, 0.2) is 0 Å². The highest BCUT2D eigenvalue weighted by Crippen LogP contribution is 2.12. The molecule has 1 aromatic heterocycles. The van der Waals surface area contributed by atoms with E-state index in [4.69, 9.17) is 0 Å². The molecule has 0 spiro atoms. The van der Waals surface area contributed by atoms with Crippen molar-refractivity contribution in [3.63, 3.8) is 0 Å². The first-order chi connectivity index (χ1) is 10.1. The molecule has 1 heterocycles. The summed E-state index contributed by atoms with van der Waals surface area (Å²) < 4.78 is 1.13. The van der Waals surface area contributed by atoms with Gasteiger partial charge in [0, 0.05) is 18.3 Å². The van der Waals surface area contributed by atoms with Gasteiger partial charge in [-0.05, 0) is 25.5 Å². The van der Waals surface area contributed by atoms with Crippen molar-refractivity contribution in [1.82, 2.24) is 9.78 Å². The molecule has 0 saturated carbocycles. The van der Waals surface area contributed by atoms with Crippen LogP contribution in [0, 0.1) is 6.92 Å². The molecular formula is C15H18N4O2. The fourth-order valence-corrected chi connectivity index (χ4v) is 1.89. The molecule has 21 heavy (non-hydrogen) atoms. The van der Waals surface area contributed by atoms with Crippen molar-refractivity contribution in [2.75, 3.05) is 17.2 Å². The molecule has 0 radical (unpaired) electrons. The summed E-state index contributed by atoms with van der Waals surface area (Å²) in [5, 5.41) is 9.75. The monoisotopic (exact) mass is 286 g/mol. The third-order valence-electron chi connectivity index (χ3n) is 2.96. The lowest BCUT2D eigenvalue weighted by Crippen LogP contribution is -2.29. The Balaban J connectivity index is 2.06. The first-order valence-corrected chi connectivity index (χ1v) is 6.76. The first kappa shape index (κ1) is 14.8. The number of anilines is 2. The van der Waals surface area contributed by atoms with Gasteiger partial charge in [-0.2, -0.15) is 5.10 Å². The van der Waals surface area contributed by atoms with E-state index in [1.807, 2.05) is 38.1 Å². The number of carbonyl (C=O) groups excluding carboxylic acids is 1. The molecule has 110 valence electrons. The first-order valence-electron chi connectivity index (χ1n) is 6.76. The molecule has 1 aromatic carbocycles. The standard InChI is InChI=1S/C15H18N4O2/c1-3-16-12-8-15(21)19(17-9-12)10-14(20)18-13-7-5-4-6-11(13)2/h4-9,16H,3,10H2,1-2H3,(H,18,20). The molecule has 1 amide bonds. The summed E-state index contributed by atoms with van der Waals surface area (Å²) in [4.78, 5) is 23.8. The molecule has 2 N–H and O–H groups in total. The van der Waals surface area contributed by atoms with E-state index in [-0.39, 0.29) is 18.0 Å². The van der Waals surface area contributed by atoms with E-state index in [2.05, 4.69) is 15.7 Å². The highest BCUT2D eigenvalue weighted by atomic mass is 16.2. The maximum Gasteiger partial charge on any atom is 0.269 e. The average molecular weight is 286 g/mol. The van der Waals surface area contributed by atoms with Crippen LogP contribution in [0.2, 0.25) is 0 Å². The smallest absolute Gasteiger partial charge is 0.269 e. The zero-order chi connectivity index (χ0) is 15.2. The normalized spacial score (nSPS) is 10.2. The molecule has 0 atom stereocenters. The van der Waals surface area contributed by atoms with Crippen LogP contribution in [0.25, 0.3) is 0 Å². The number of rotatable bonds is 5. The number of hydrogen-bond acceptors (Lipinski definition) is 4. The topological polar surface area (TPSA) is 76.0 Å². The van der Waals surface area contributed by atoms with E-state index in [1.165, 1.54) is 12.3 Å². The van der Waals surface area contributed by atoms with E-state index < -0.39 is 0 Å². The number of carbonyl (C=O) groups is 1. The van der Waals surface area contributed by atoms with Crippen molar-refractivity contribution in [3.05, 3.63) is 52.4 Å². The van der Waals surface area contributed by atoms with Crippen molar-refractivity contribution < 1.29 is 4.79 Å². The van der Waals surface area contributed by atoms with E-state index >= 15 is 0 Å². The number of nitrogens with zero attached hydrogens (tertiary/aromatic N) is 2. The van der Waals surface area contributed by atoms with E-state index in [9.17, 15) is 9.59 Å². The van der Waals surface area contributed by atoms with Crippen LogP contribution in [0.5, 0.6) is 0 Å². The second kappa shape index (κ2) is 6.69. The van der Waals surface area contributed by atoms with Crippen molar-refractivity contribution in [3.8, 4) is 0 Å². The number of aryl methyl sites for hydroxylation is 1. The van der Waals surface area contributed by atoms with E-state index in [0.29, 0.717) is 12.2 Å². The molecule has 2 rings (SSSR count). The van der Waals surface area contributed by atoms with Gasteiger partial charge in [0.2, 0.25) is 5.91 Å². The summed E-state index contributed by atoms with van der Waals surface area (Å²) in [5.74, 6) is -0.282. The summed E-state index contributed by atoms with van der Waals surface area (Å²) in [5.41, 5.74) is 2.04. The molecular weight excluding hydrogens is 268 g/mol. The molecule has 2 aromatic rings. The van der Waals surface area contributed by atoms with Gasteiger partial charge < -0.3 is 10.6 Å². The number of aromatic nitrogens is 2. The summed E-state index contributed by atoms with van der Waals surface area (Å²) in [6.45, 7) is 4.44. The summed E-state index contributed by atoms with van der Waals surface area (Å²) in [7, 11) is 0. The average Bonchev–Trinajstić information content (AvgIpc) is 2.45. The molecule has 6 nitrogen and oxygen atoms in total. The van der Waals surface area contributed by atoms with Gasteiger partial charge in [0.1, 0.15) is 6.54 Å². The second-order valence-corrected chi connectivity index (χ2v) is 4.63. The van der Waals surface area contributed by atoms with Gasteiger partial charge in [-0.25, -0.2) is 4.68 Å². The van der Waals surface area contributed by atoms with Crippen molar-refractivity contribution in [1.29, 1.82) is 0 Å². The van der Waals surface area contributed by atoms with E-state index in [0.717, 1.165) is 15.9 Å². The Labute approximate surface area is 122 Å². The van der Waals surface area contributed by atoms with Crippen LogP contribution in [0.3, 0.4) is 0 Å². The molecule has 0 bridgehead atoms. The van der Waals surface area contributed by atoms with Crippen LogP contribution < -0.4 is 16.2 Å². The van der Waals surface area contributed by atoms with Crippen LogP contribution >= 0.6 is 0 Å². The minimum Gasteiger partial charge on any atom is -0.384 e. The third-order valence-corrected chi connectivity index (χ3v) is 2.96. The summed E-state index contributed by atoms with van der Waals surface area (Å²) >= 11 is 0. The predicted octanol–water partition coefficient (Wildman–Crippen LogP) is 1.62. The lowest BCUT2D eigenvalue weighted by Gasteiger charge is -2.09. The van der Waals surface area contributed by atoms with Crippen LogP contribution in [0.15, 0.2) is 41.3 Å². The van der Waals surface area contributed by atoms with Gasteiger partial charge in [-0.3, -0.25) is 9.59 Å². The molecule has 0 aliphatic heterocycles. The number of para-hydroxylation sites is 1. The SMILES string of the molecule is CCNc1cnn(CC(=O)Nc2ccccc2C)c(=O)c1. The van der Waals surface area contributed by atoms with Gasteiger partial charge in [-0.1, -0.05) is 18.2 Å². The minimum atomic E-state index is -0.312. The lowest BCUT2D eigenvalue weighted by atomic mass is 10.2. The van der Waals surface area contributed by atoms with Gasteiger partial charge in [-0.15, -0.1) is 0 Å². The van der Waals surface area contributed by atoms with Crippen LogP contribution in [-0.2, 0) is 11.3 Å². The van der Waals surface area contributed by atoms with Crippen LogP contribution in [0.1, 0.15) is 12.5 Å². The van der Waals surface area contributed by atoms with Crippen molar-refractivity contribution in [2.45, 2.75) is 20.4 Å². The lowest BCUT2D eigenvalue weighted by molar-refractivity contribution is -0.117. The van der Waals surface area contributed by atoms with Crippen LogP contribution in [0.4, 0.5) is 11.4 Å². The van der Waals surface area contributed by atoms with E-state index in [1.54, 1.807) is 0 Å². The Morgan fingerprint density at radius 3 is 2.76 bits per heavy atom. The Morgan fingerprint density at radius 2 is 2.10 bits per heavy atom. The maximum atomic E-state index is 12.0. The molecule has 0 unspecified atom stereocenters.